The molecule has 0 heterocycles. The largest absolute Gasteiger partial charge is 0.512 e. The number of rotatable bonds is 2. The van der Waals surface area contributed by atoms with Crippen LogP contribution in [0.4, 0.5) is 0 Å². The maximum atomic E-state index is 8.65. The van der Waals surface area contributed by atoms with E-state index in [9.17, 15) is 0 Å². The Bertz CT molecular complexity index is 82.2. The molecule has 0 radical (unpaired) electrons. The van der Waals surface area contributed by atoms with Gasteiger partial charge in [-0.1, -0.05) is 6.08 Å². The highest BCUT2D eigenvalue weighted by Crippen LogP contribution is 1.93. The summed E-state index contributed by atoms with van der Waals surface area (Å²) in [5.74, 6) is 0.384. The first-order valence-corrected chi connectivity index (χ1v) is 2.26. The summed E-state index contributed by atoms with van der Waals surface area (Å²) >= 11 is 0. The van der Waals surface area contributed by atoms with Gasteiger partial charge >= 0.3 is 0 Å². The average Bonchev–Trinajstić information content (AvgIpc) is 1.68. The molecule has 7 heavy (non-hydrogen) atoms. The van der Waals surface area contributed by atoms with Gasteiger partial charge in [-0.05, 0) is 13.0 Å². The van der Waals surface area contributed by atoms with E-state index < -0.39 is 0 Å². The molecule has 0 saturated heterocycles. The molecule has 0 aliphatic rings. The minimum atomic E-state index is 0.384. The topological polar surface area (TPSA) is 20.2 Å². The van der Waals surface area contributed by atoms with Gasteiger partial charge in [-0.25, -0.2) is 0 Å². The Morgan fingerprint density at radius 1 is 1.86 bits per heavy atom. The van der Waals surface area contributed by atoms with Crippen LogP contribution in [0.1, 0.15) is 13.3 Å². The van der Waals surface area contributed by atoms with Gasteiger partial charge in [-0.15, -0.1) is 6.58 Å². The van der Waals surface area contributed by atoms with Gasteiger partial charge in [0.2, 0.25) is 0 Å². The van der Waals surface area contributed by atoms with Crippen LogP contribution in [-0.4, -0.2) is 5.11 Å². The highest BCUT2D eigenvalue weighted by Gasteiger charge is 1.79. The zero-order chi connectivity index (χ0) is 5.70. The van der Waals surface area contributed by atoms with Crippen LogP contribution < -0.4 is 0 Å². The Labute approximate surface area is 44.0 Å². The van der Waals surface area contributed by atoms with Gasteiger partial charge in [0, 0.05) is 6.42 Å². The van der Waals surface area contributed by atoms with Crippen LogP contribution in [0.5, 0.6) is 0 Å². The van der Waals surface area contributed by atoms with Gasteiger partial charge in [0.05, 0.1) is 5.76 Å². The molecule has 0 atom stereocenters. The second-order valence-electron chi connectivity index (χ2n) is 1.27. The van der Waals surface area contributed by atoms with Crippen molar-refractivity contribution >= 4 is 0 Å². The normalized spacial score (nSPS) is 11.3. The Hall–Kier alpha value is -0.720. The molecule has 0 spiro atoms. The van der Waals surface area contributed by atoms with E-state index in [0.717, 1.165) is 0 Å². The number of aliphatic hydroxyl groups excluding tert-OH is 1. The van der Waals surface area contributed by atoms with Crippen molar-refractivity contribution in [3.63, 3.8) is 0 Å². The maximum Gasteiger partial charge on any atom is 0.0917 e. The lowest BCUT2D eigenvalue weighted by atomic mass is 10.3. The number of hydrogen-bond donors (Lipinski definition) is 1. The van der Waals surface area contributed by atoms with Crippen molar-refractivity contribution in [2.45, 2.75) is 13.3 Å². The van der Waals surface area contributed by atoms with E-state index in [1.165, 1.54) is 0 Å². The molecule has 1 nitrogen and oxygen atoms in total. The molecule has 40 valence electrons. The number of allylic oxidation sites excluding steroid dienone is 2. The fourth-order valence-corrected chi connectivity index (χ4v) is 0.266. The second-order valence-corrected chi connectivity index (χ2v) is 1.27. The fraction of sp³-hybridized carbons (Fsp3) is 0.333. The van der Waals surface area contributed by atoms with E-state index in [1.807, 2.05) is 0 Å². The predicted octanol–water partition coefficient (Wildman–Crippen LogP) is 2.02. The molecule has 0 aliphatic carbocycles. The molecule has 0 aromatic rings. The van der Waals surface area contributed by atoms with Crippen molar-refractivity contribution < 1.29 is 5.11 Å². The number of hydrogen-bond acceptors (Lipinski definition) is 1. The van der Waals surface area contributed by atoms with Crippen LogP contribution in [0.2, 0.25) is 0 Å². The summed E-state index contributed by atoms with van der Waals surface area (Å²) in [5.41, 5.74) is 0. The molecule has 0 bridgehead atoms. The van der Waals surface area contributed by atoms with Crippen molar-refractivity contribution in [3.8, 4) is 0 Å². The Morgan fingerprint density at radius 2 is 2.43 bits per heavy atom. The van der Waals surface area contributed by atoms with Crippen LogP contribution in [0.3, 0.4) is 0 Å². The van der Waals surface area contributed by atoms with E-state index in [0.29, 0.717) is 12.2 Å². The molecule has 0 aliphatic heterocycles. The standard InChI is InChI=1S/C6H10O/c1-3-5-6(7)4-2/h3-4,7H,1,5H2,2H3/b6-4-. The van der Waals surface area contributed by atoms with E-state index in [4.69, 9.17) is 5.11 Å². The monoisotopic (exact) mass is 98.1 g/mol. The Morgan fingerprint density at radius 3 is 2.57 bits per heavy atom. The molecule has 0 aromatic heterocycles. The third-order valence-corrected chi connectivity index (χ3v) is 0.687. The molecule has 0 unspecified atom stereocenters. The predicted molar refractivity (Wildman–Crippen MR) is 31.2 cm³/mol. The lowest BCUT2D eigenvalue weighted by molar-refractivity contribution is 0.400. The van der Waals surface area contributed by atoms with Gasteiger partial charge in [0.25, 0.3) is 0 Å². The smallest absolute Gasteiger partial charge is 0.0917 e. The second kappa shape index (κ2) is 3.47. The van der Waals surface area contributed by atoms with E-state index >= 15 is 0 Å². The summed E-state index contributed by atoms with van der Waals surface area (Å²) in [5, 5.41) is 8.65. The quantitative estimate of drug-likeness (QED) is 0.414. The highest BCUT2D eigenvalue weighted by atomic mass is 16.3. The third-order valence-electron chi connectivity index (χ3n) is 0.687. The Balaban J connectivity index is 3.36. The number of aliphatic hydroxyl groups is 1. The maximum absolute atomic E-state index is 8.65. The molecule has 1 heteroatoms. The molecular formula is C6H10O. The van der Waals surface area contributed by atoms with Crippen LogP contribution in [0.15, 0.2) is 24.5 Å². The molecule has 0 aromatic carbocycles. The minimum Gasteiger partial charge on any atom is -0.512 e. The third kappa shape index (κ3) is 3.10. The van der Waals surface area contributed by atoms with Crippen molar-refractivity contribution in [2.24, 2.45) is 0 Å². The van der Waals surface area contributed by atoms with Crippen LogP contribution in [0, 0.1) is 0 Å². The molecule has 0 saturated carbocycles. The summed E-state index contributed by atoms with van der Waals surface area (Å²) in [6.45, 7) is 5.24. The zero-order valence-electron chi connectivity index (χ0n) is 4.52. The van der Waals surface area contributed by atoms with Crippen molar-refractivity contribution in [3.05, 3.63) is 24.5 Å². The summed E-state index contributed by atoms with van der Waals surface area (Å²) in [7, 11) is 0. The van der Waals surface area contributed by atoms with E-state index in [-0.39, 0.29) is 0 Å². The summed E-state index contributed by atoms with van der Waals surface area (Å²) in [6.07, 6.45) is 3.90. The average molecular weight is 98.1 g/mol. The summed E-state index contributed by atoms with van der Waals surface area (Å²) in [4.78, 5) is 0. The van der Waals surface area contributed by atoms with E-state index in [1.54, 1.807) is 19.1 Å². The lowest BCUT2D eigenvalue weighted by Crippen LogP contribution is -1.72. The molecule has 0 amide bonds. The first-order valence-electron chi connectivity index (χ1n) is 2.26. The SMILES string of the molecule is C=CC/C(O)=C/C. The fourth-order valence-electron chi connectivity index (χ4n) is 0.266. The van der Waals surface area contributed by atoms with Gasteiger partial charge in [-0.2, -0.15) is 0 Å². The molecular weight excluding hydrogens is 88.1 g/mol. The van der Waals surface area contributed by atoms with Crippen molar-refractivity contribution in [1.29, 1.82) is 0 Å². The van der Waals surface area contributed by atoms with Crippen LogP contribution in [0.25, 0.3) is 0 Å². The molecule has 0 rings (SSSR count). The Kier molecular flexibility index (Phi) is 3.11. The van der Waals surface area contributed by atoms with Gasteiger partial charge < -0.3 is 5.11 Å². The zero-order valence-corrected chi connectivity index (χ0v) is 4.52. The first kappa shape index (κ1) is 6.28. The van der Waals surface area contributed by atoms with Gasteiger partial charge in [0.15, 0.2) is 0 Å². The first-order chi connectivity index (χ1) is 3.31. The van der Waals surface area contributed by atoms with Crippen LogP contribution in [-0.2, 0) is 0 Å². The highest BCUT2D eigenvalue weighted by molar-refractivity contribution is 4.93. The van der Waals surface area contributed by atoms with Gasteiger partial charge in [0.1, 0.15) is 0 Å². The van der Waals surface area contributed by atoms with Crippen molar-refractivity contribution in [1.82, 2.24) is 0 Å². The molecule has 0 fully saturated rings. The van der Waals surface area contributed by atoms with E-state index in [2.05, 4.69) is 6.58 Å². The summed E-state index contributed by atoms with van der Waals surface area (Å²) in [6, 6.07) is 0. The van der Waals surface area contributed by atoms with Crippen LogP contribution >= 0.6 is 0 Å². The van der Waals surface area contributed by atoms with Gasteiger partial charge in [-0.3, -0.25) is 0 Å². The summed E-state index contributed by atoms with van der Waals surface area (Å²) < 4.78 is 0. The molecule has 1 N–H and O–H groups in total. The minimum absolute atomic E-state index is 0.384. The lowest BCUT2D eigenvalue weighted by Gasteiger charge is -1.86. The van der Waals surface area contributed by atoms with Crippen molar-refractivity contribution in [2.75, 3.05) is 0 Å².